The third-order valence-corrected chi connectivity index (χ3v) is 2.76. The van der Waals surface area contributed by atoms with Crippen LogP contribution in [-0.4, -0.2) is 10.1 Å². The molecular formula is C12H8ClF3N2O. The number of alkyl halides is 3. The minimum atomic E-state index is -4.50. The molecule has 0 bridgehead atoms. The molecule has 7 heteroatoms. The Morgan fingerprint density at radius 1 is 1.21 bits per heavy atom. The SMILES string of the molecule is Nc1ccc(-c2ncc(C(F)(F)F)cc2Cl)cc1O. The number of nitrogen functional groups attached to an aromatic ring is 1. The molecule has 0 saturated heterocycles. The maximum Gasteiger partial charge on any atom is 0.417 e. The molecule has 3 nitrogen and oxygen atoms in total. The van der Waals surface area contributed by atoms with Crippen LogP contribution >= 0.6 is 11.6 Å². The van der Waals surface area contributed by atoms with E-state index in [-0.39, 0.29) is 22.2 Å². The zero-order valence-electron chi connectivity index (χ0n) is 9.37. The van der Waals surface area contributed by atoms with Gasteiger partial charge in [0.25, 0.3) is 0 Å². The van der Waals surface area contributed by atoms with Gasteiger partial charge in [0.1, 0.15) is 5.75 Å². The van der Waals surface area contributed by atoms with Gasteiger partial charge in [-0.15, -0.1) is 0 Å². The summed E-state index contributed by atoms with van der Waals surface area (Å²) in [5.74, 6) is -0.185. The van der Waals surface area contributed by atoms with Crippen molar-refractivity contribution in [3.05, 3.63) is 41.0 Å². The lowest BCUT2D eigenvalue weighted by Crippen LogP contribution is -2.05. The van der Waals surface area contributed by atoms with Crippen molar-refractivity contribution in [1.82, 2.24) is 4.98 Å². The zero-order valence-corrected chi connectivity index (χ0v) is 10.1. The van der Waals surface area contributed by atoms with E-state index in [1.807, 2.05) is 0 Å². The Kier molecular flexibility index (Phi) is 3.28. The lowest BCUT2D eigenvalue weighted by Gasteiger charge is -2.10. The molecule has 0 unspecified atom stereocenters. The fraction of sp³-hybridized carbons (Fsp3) is 0.0833. The normalized spacial score (nSPS) is 11.6. The second kappa shape index (κ2) is 4.62. The van der Waals surface area contributed by atoms with Crippen LogP contribution in [0.5, 0.6) is 5.75 Å². The van der Waals surface area contributed by atoms with Gasteiger partial charge in [-0.2, -0.15) is 13.2 Å². The number of phenols is 1. The highest BCUT2D eigenvalue weighted by Gasteiger charge is 2.31. The minimum Gasteiger partial charge on any atom is -0.506 e. The first-order valence-electron chi connectivity index (χ1n) is 5.10. The van der Waals surface area contributed by atoms with Gasteiger partial charge >= 0.3 is 6.18 Å². The molecule has 0 aliphatic carbocycles. The van der Waals surface area contributed by atoms with E-state index in [1.165, 1.54) is 18.2 Å². The van der Waals surface area contributed by atoms with Crippen molar-refractivity contribution in [2.45, 2.75) is 6.18 Å². The van der Waals surface area contributed by atoms with Gasteiger partial charge in [-0.3, -0.25) is 4.98 Å². The third kappa shape index (κ3) is 2.73. The molecule has 1 heterocycles. The van der Waals surface area contributed by atoms with E-state index in [4.69, 9.17) is 17.3 Å². The number of rotatable bonds is 1. The Morgan fingerprint density at radius 3 is 2.42 bits per heavy atom. The van der Waals surface area contributed by atoms with Crippen molar-refractivity contribution >= 4 is 17.3 Å². The Labute approximate surface area is 111 Å². The van der Waals surface area contributed by atoms with Crippen molar-refractivity contribution in [2.24, 2.45) is 0 Å². The molecule has 100 valence electrons. The fourth-order valence-electron chi connectivity index (χ4n) is 1.50. The summed E-state index contributed by atoms with van der Waals surface area (Å²) < 4.78 is 37.4. The van der Waals surface area contributed by atoms with Gasteiger partial charge in [0, 0.05) is 11.8 Å². The summed E-state index contributed by atoms with van der Waals surface area (Å²) in [5, 5.41) is 9.31. The number of aromatic nitrogens is 1. The lowest BCUT2D eigenvalue weighted by molar-refractivity contribution is -0.137. The summed E-state index contributed by atoms with van der Waals surface area (Å²) in [5.41, 5.74) is 5.19. The van der Waals surface area contributed by atoms with Gasteiger partial charge in [0.05, 0.1) is 22.0 Å². The van der Waals surface area contributed by atoms with Crippen molar-refractivity contribution in [3.63, 3.8) is 0 Å². The summed E-state index contributed by atoms with van der Waals surface area (Å²) in [7, 11) is 0. The molecule has 3 N–H and O–H groups in total. The van der Waals surface area contributed by atoms with Gasteiger partial charge in [-0.25, -0.2) is 0 Å². The van der Waals surface area contributed by atoms with Crippen LogP contribution in [-0.2, 0) is 6.18 Å². The van der Waals surface area contributed by atoms with Crippen molar-refractivity contribution < 1.29 is 18.3 Å². The molecule has 0 fully saturated rings. The Balaban J connectivity index is 2.49. The smallest absolute Gasteiger partial charge is 0.417 e. The highest BCUT2D eigenvalue weighted by molar-refractivity contribution is 6.33. The van der Waals surface area contributed by atoms with E-state index in [0.29, 0.717) is 11.8 Å². The van der Waals surface area contributed by atoms with E-state index >= 15 is 0 Å². The molecule has 1 aromatic carbocycles. The molecule has 1 aromatic heterocycles. The number of benzene rings is 1. The Hall–Kier alpha value is -1.95. The molecule has 0 aliphatic rings. The van der Waals surface area contributed by atoms with E-state index in [1.54, 1.807) is 0 Å². The maximum atomic E-state index is 12.5. The molecule has 0 radical (unpaired) electrons. The fourth-order valence-corrected chi connectivity index (χ4v) is 1.77. The van der Waals surface area contributed by atoms with Gasteiger partial charge in [-0.1, -0.05) is 17.7 Å². The number of aromatic hydroxyl groups is 1. The highest BCUT2D eigenvalue weighted by Crippen LogP contribution is 2.35. The second-order valence-corrected chi connectivity index (χ2v) is 4.23. The van der Waals surface area contributed by atoms with E-state index in [2.05, 4.69) is 4.98 Å². The second-order valence-electron chi connectivity index (χ2n) is 3.83. The lowest BCUT2D eigenvalue weighted by atomic mass is 10.1. The van der Waals surface area contributed by atoms with Crippen LogP contribution in [0, 0.1) is 0 Å². The number of halogens is 4. The standard InChI is InChI=1S/C12H8ClF3N2O/c13-8-4-7(12(14,15)16)5-18-11(8)6-1-2-9(17)10(19)3-6/h1-5,19H,17H2. The minimum absolute atomic E-state index is 0.143. The average molecular weight is 289 g/mol. The van der Waals surface area contributed by atoms with Crippen LogP contribution in [0.3, 0.4) is 0 Å². The molecule has 0 atom stereocenters. The van der Waals surface area contributed by atoms with E-state index in [9.17, 15) is 18.3 Å². The van der Waals surface area contributed by atoms with Gasteiger partial charge < -0.3 is 10.8 Å². The van der Waals surface area contributed by atoms with Gasteiger partial charge in [-0.05, 0) is 18.2 Å². The Morgan fingerprint density at radius 2 is 1.89 bits per heavy atom. The molecular weight excluding hydrogens is 281 g/mol. The molecule has 0 aliphatic heterocycles. The predicted octanol–water partition coefficient (Wildman–Crippen LogP) is 3.71. The van der Waals surface area contributed by atoms with Crippen molar-refractivity contribution in [1.29, 1.82) is 0 Å². The van der Waals surface area contributed by atoms with Crippen LogP contribution < -0.4 is 5.73 Å². The molecule has 2 rings (SSSR count). The van der Waals surface area contributed by atoms with Crippen molar-refractivity contribution in [3.8, 4) is 17.0 Å². The predicted molar refractivity (Wildman–Crippen MR) is 65.8 cm³/mol. The largest absolute Gasteiger partial charge is 0.506 e. The molecule has 0 amide bonds. The van der Waals surface area contributed by atoms with Crippen LogP contribution in [0.4, 0.5) is 18.9 Å². The number of anilines is 1. The van der Waals surface area contributed by atoms with Crippen LogP contribution in [0.1, 0.15) is 5.56 Å². The maximum absolute atomic E-state index is 12.5. The average Bonchev–Trinajstić information content (AvgIpc) is 2.31. The summed E-state index contributed by atoms with van der Waals surface area (Å²) in [4.78, 5) is 3.68. The molecule has 0 saturated carbocycles. The molecule has 2 aromatic rings. The summed E-state index contributed by atoms with van der Waals surface area (Å²) >= 11 is 5.79. The van der Waals surface area contributed by atoms with Gasteiger partial charge in [0.2, 0.25) is 0 Å². The monoisotopic (exact) mass is 288 g/mol. The first kappa shape index (κ1) is 13.5. The van der Waals surface area contributed by atoms with Crippen LogP contribution in [0.25, 0.3) is 11.3 Å². The first-order valence-corrected chi connectivity index (χ1v) is 5.48. The van der Waals surface area contributed by atoms with Crippen molar-refractivity contribution in [2.75, 3.05) is 5.73 Å². The first-order chi connectivity index (χ1) is 8.79. The summed E-state index contributed by atoms with van der Waals surface area (Å²) in [6.07, 6.45) is -3.81. The highest BCUT2D eigenvalue weighted by atomic mass is 35.5. The summed E-state index contributed by atoms with van der Waals surface area (Å²) in [6.45, 7) is 0. The molecule has 19 heavy (non-hydrogen) atoms. The number of nitrogens with zero attached hydrogens (tertiary/aromatic N) is 1. The van der Waals surface area contributed by atoms with Gasteiger partial charge in [0.15, 0.2) is 0 Å². The van der Waals surface area contributed by atoms with E-state index in [0.717, 1.165) is 6.07 Å². The number of phenolic OH excluding ortho intramolecular Hbond substituents is 1. The van der Waals surface area contributed by atoms with E-state index < -0.39 is 11.7 Å². The number of pyridine rings is 1. The van der Waals surface area contributed by atoms with Crippen LogP contribution in [0.15, 0.2) is 30.5 Å². The van der Waals surface area contributed by atoms with Crippen LogP contribution in [0.2, 0.25) is 5.02 Å². The number of hydrogen-bond acceptors (Lipinski definition) is 3. The topological polar surface area (TPSA) is 59.1 Å². The zero-order chi connectivity index (χ0) is 14.2. The Bertz CT molecular complexity index is 629. The third-order valence-electron chi connectivity index (χ3n) is 2.47. The molecule has 0 spiro atoms. The quantitative estimate of drug-likeness (QED) is 0.621. The number of hydrogen-bond donors (Lipinski definition) is 2. The summed E-state index contributed by atoms with van der Waals surface area (Å²) in [6, 6.07) is 5.00. The number of nitrogens with two attached hydrogens (primary N) is 1.